The summed E-state index contributed by atoms with van der Waals surface area (Å²) in [6.45, 7) is 9.97. The van der Waals surface area contributed by atoms with Crippen LogP contribution < -0.4 is 0 Å². The second kappa shape index (κ2) is 9.71. The highest BCUT2D eigenvalue weighted by Gasteiger charge is 2.30. The van der Waals surface area contributed by atoms with Crippen molar-refractivity contribution in [3.05, 3.63) is 76.3 Å². The van der Waals surface area contributed by atoms with Crippen LogP contribution in [0.3, 0.4) is 0 Å². The molecule has 0 unspecified atom stereocenters. The maximum absolute atomic E-state index is 12.8. The van der Waals surface area contributed by atoms with E-state index in [1.165, 1.54) is 25.7 Å². The van der Waals surface area contributed by atoms with Crippen LogP contribution in [0.2, 0.25) is 0 Å². The third-order valence-electron chi connectivity index (χ3n) is 5.21. The second-order valence-electron chi connectivity index (χ2n) is 7.12. The van der Waals surface area contributed by atoms with E-state index >= 15 is 0 Å². The van der Waals surface area contributed by atoms with E-state index in [1.807, 2.05) is 36.4 Å². The number of hydrogen-bond acceptors (Lipinski definition) is 3. The molecule has 1 aliphatic carbocycles. The number of carbonyl (C=O) groups is 1. The Morgan fingerprint density at radius 3 is 2.41 bits per heavy atom. The van der Waals surface area contributed by atoms with Gasteiger partial charge in [0.1, 0.15) is 0 Å². The summed E-state index contributed by atoms with van der Waals surface area (Å²) in [5.74, 6) is -0.354. The lowest BCUT2D eigenvalue weighted by atomic mass is 9.99. The van der Waals surface area contributed by atoms with Gasteiger partial charge in [-0.25, -0.2) is 14.9 Å². The number of allylic oxidation sites excluding steroid dienone is 1. The molecule has 1 aliphatic rings. The summed E-state index contributed by atoms with van der Waals surface area (Å²) >= 11 is 0. The number of hydrogen-bond donors (Lipinski definition) is 0. The summed E-state index contributed by atoms with van der Waals surface area (Å²) in [6, 6.07) is 15.0. The molecule has 0 saturated heterocycles. The van der Waals surface area contributed by atoms with Gasteiger partial charge in [0.05, 0.1) is 24.8 Å². The predicted octanol–water partition coefficient (Wildman–Crippen LogP) is 6.39. The van der Waals surface area contributed by atoms with Crippen molar-refractivity contribution < 1.29 is 9.53 Å². The molecule has 4 heteroatoms. The van der Waals surface area contributed by atoms with Crippen LogP contribution in [0.25, 0.3) is 21.5 Å². The Labute approximate surface area is 172 Å². The summed E-state index contributed by atoms with van der Waals surface area (Å²) in [6.07, 6.45) is 6.79. The molecule has 4 nitrogen and oxygen atoms in total. The lowest BCUT2D eigenvalue weighted by Gasteiger charge is -2.10. The van der Waals surface area contributed by atoms with Crippen molar-refractivity contribution in [1.82, 2.24) is 0 Å². The zero-order valence-electron chi connectivity index (χ0n) is 16.7. The Kier molecular flexibility index (Phi) is 6.82. The smallest absolute Gasteiger partial charge is 0.338 e. The number of esters is 1. The standard InChI is InChI=1S/C25H24N2O2/c1-3-4-5-6-7-10-16-29-25(28)21-15-11-14-20-23(21)18-12-8-9-13-19(18)24(20)22(17-26)27-2/h8-9,11-15H,3-7,10,16H2,1H3. The minimum absolute atomic E-state index is 0.0359. The van der Waals surface area contributed by atoms with Gasteiger partial charge < -0.3 is 4.74 Å². The van der Waals surface area contributed by atoms with Gasteiger partial charge in [0.15, 0.2) is 0 Å². The molecule has 0 aliphatic heterocycles. The van der Waals surface area contributed by atoms with Gasteiger partial charge in [0.2, 0.25) is 0 Å². The topological polar surface area (TPSA) is 54.5 Å². The normalized spacial score (nSPS) is 13.1. The molecule has 0 amide bonds. The number of nitrogens with zero attached hydrogens (tertiary/aromatic N) is 2. The van der Waals surface area contributed by atoms with Crippen LogP contribution in [0.5, 0.6) is 0 Å². The highest BCUT2D eigenvalue weighted by Crippen LogP contribution is 2.47. The van der Waals surface area contributed by atoms with Crippen LogP contribution in [-0.2, 0) is 4.74 Å². The first-order valence-corrected chi connectivity index (χ1v) is 10.1. The van der Waals surface area contributed by atoms with E-state index in [9.17, 15) is 10.1 Å². The molecule has 0 saturated carbocycles. The van der Waals surface area contributed by atoms with Crippen LogP contribution in [0.15, 0.2) is 48.2 Å². The third-order valence-corrected chi connectivity index (χ3v) is 5.21. The van der Waals surface area contributed by atoms with Gasteiger partial charge in [-0.15, -0.1) is 0 Å². The van der Waals surface area contributed by atoms with Gasteiger partial charge in [-0.2, -0.15) is 0 Å². The largest absolute Gasteiger partial charge is 0.462 e. The molecule has 0 fully saturated rings. The molecule has 2 aromatic carbocycles. The molecule has 3 rings (SSSR count). The molecule has 29 heavy (non-hydrogen) atoms. The molecule has 0 N–H and O–H groups in total. The first-order valence-electron chi connectivity index (χ1n) is 10.1. The van der Waals surface area contributed by atoms with E-state index in [0.29, 0.717) is 17.7 Å². The number of unbranched alkanes of at least 4 members (excludes halogenated alkanes) is 5. The molecule has 0 atom stereocenters. The molecular formula is C25H24N2O2. The summed E-state index contributed by atoms with van der Waals surface area (Å²) in [5.41, 5.74) is 4.29. The number of fused-ring (bicyclic) bond motifs is 3. The van der Waals surface area contributed by atoms with Crippen LogP contribution in [0.1, 0.15) is 66.9 Å². The zero-order chi connectivity index (χ0) is 20.6. The highest BCUT2D eigenvalue weighted by molar-refractivity contribution is 6.10. The van der Waals surface area contributed by atoms with E-state index in [-0.39, 0.29) is 11.7 Å². The molecule has 146 valence electrons. The first kappa shape index (κ1) is 20.4. The lowest BCUT2D eigenvalue weighted by Crippen LogP contribution is -2.08. The first-order chi connectivity index (χ1) is 14.2. The van der Waals surface area contributed by atoms with Crippen molar-refractivity contribution in [1.29, 1.82) is 5.26 Å². The van der Waals surface area contributed by atoms with Crippen LogP contribution in [-0.4, -0.2) is 12.6 Å². The van der Waals surface area contributed by atoms with Gasteiger partial charge in [-0.3, -0.25) is 0 Å². The molecule has 0 aromatic heterocycles. The average Bonchev–Trinajstić information content (AvgIpc) is 3.09. The molecule has 0 bridgehead atoms. The van der Waals surface area contributed by atoms with E-state index in [2.05, 4.69) is 11.8 Å². The maximum atomic E-state index is 12.8. The van der Waals surface area contributed by atoms with Crippen LogP contribution >= 0.6 is 0 Å². The monoisotopic (exact) mass is 384 g/mol. The fraction of sp³-hybridized carbons (Fsp3) is 0.320. The van der Waals surface area contributed by atoms with Crippen LogP contribution in [0.4, 0.5) is 0 Å². The molecule has 0 spiro atoms. The van der Waals surface area contributed by atoms with Crippen molar-refractivity contribution in [3.63, 3.8) is 0 Å². The Hall–Kier alpha value is -3.37. The third kappa shape index (κ3) is 4.23. The van der Waals surface area contributed by atoms with Gasteiger partial charge in [-0.1, -0.05) is 75.4 Å². The maximum Gasteiger partial charge on any atom is 0.338 e. The van der Waals surface area contributed by atoms with Gasteiger partial charge in [-0.05, 0) is 29.2 Å². The second-order valence-corrected chi connectivity index (χ2v) is 7.12. The summed E-state index contributed by atoms with van der Waals surface area (Å²) in [7, 11) is 0. The number of rotatable bonds is 8. The summed E-state index contributed by atoms with van der Waals surface area (Å²) in [4.78, 5) is 16.2. The van der Waals surface area contributed by atoms with E-state index in [1.54, 1.807) is 12.1 Å². The van der Waals surface area contributed by atoms with E-state index in [0.717, 1.165) is 35.1 Å². The number of nitriles is 1. The molecule has 0 radical (unpaired) electrons. The SMILES string of the molecule is [C-]#[N+]C(C#N)=C1c2ccccc2-c2c(C(=O)OCCCCCCCC)cccc21. The average molecular weight is 384 g/mol. The lowest BCUT2D eigenvalue weighted by molar-refractivity contribution is 0.0498. The minimum atomic E-state index is -0.354. The number of ether oxygens (including phenoxy) is 1. The van der Waals surface area contributed by atoms with Crippen molar-refractivity contribution in [3.8, 4) is 17.2 Å². The summed E-state index contributed by atoms with van der Waals surface area (Å²) in [5, 5.41) is 9.42. The Morgan fingerprint density at radius 1 is 1.00 bits per heavy atom. The molecular weight excluding hydrogens is 360 g/mol. The quantitative estimate of drug-likeness (QED) is 0.196. The fourth-order valence-corrected chi connectivity index (χ4v) is 3.80. The van der Waals surface area contributed by atoms with Crippen molar-refractivity contribution in [2.45, 2.75) is 45.4 Å². The van der Waals surface area contributed by atoms with Crippen molar-refractivity contribution in [2.75, 3.05) is 6.61 Å². The van der Waals surface area contributed by atoms with Gasteiger partial charge >= 0.3 is 5.97 Å². The van der Waals surface area contributed by atoms with Crippen molar-refractivity contribution in [2.24, 2.45) is 0 Å². The van der Waals surface area contributed by atoms with Gasteiger partial charge in [0, 0.05) is 11.1 Å². The fourth-order valence-electron chi connectivity index (χ4n) is 3.80. The molecule has 0 heterocycles. The molecule has 2 aromatic rings. The Balaban J connectivity index is 1.85. The van der Waals surface area contributed by atoms with Gasteiger partial charge in [0.25, 0.3) is 5.70 Å². The minimum Gasteiger partial charge on any atom is -0.462 e. The summed E-state index contributed by atoms with van der Waals surface area (Å²) < 4.78 is 5.54. The van der Waals surface area contributed by atoms with Crippen molar-refractivity contribution >= 4 is 11.5 Å². The highest BCUT2D eigenvalue weighted by atomic mass is 16.5. The Morgan fingerprint density at radius 2 is 1.69 bits per heavy atom. The number of benzene rings is 2. The zero-order valence-corrected chi connectivity index (χ0v) is 16.7. The van der Waals surface area contributed by atoms with Crippen LogP contribution in [0, 0.1) is 17.9 Å². The van der Waals surface area contributed by atoms with E-state index in [4.69, 9.17) is 11.3 Å². The number of carbonyl (C=O) groups excluding carboxylic acids is 1. The van der Waals surface area contributed by atoms with E-state index < -0.39 is 0 Å². The predicted molar refractivity (Wildman–Crippen MR) is 114 cm³/mol. The Bertz CT molecular complexity index is 1010.